The molecule has 3 aromatic rings. The summed E-state index contributed by atoms with van der Waals surface area (Å²) in [5.41, 5.74) is 1.19. The Morgan fingerprint density at radius 3 is 2.61 bits per heavy atom. The van der Waals surface area contributed by atoms with Gasteiger partial charge in [0, 0.05) is 5.38 Å². The molecule has 31 heavy (non-hydrogen) atoms. The number of alkyl halides is 2. The van der Waals surface area contributed by atoms with Crippen LogP contribution in [0.4, 0.5) is 14.5 Å². The number of nitrogens with zero attached hydrogens (tertiary/aromatic N) is 1. The number of benzene rings is 2. The van der Waals surface area contributed by atoms with E-state index in [1.807, 2.05) is 31.2 Å². The summed E-state index contributed by atoms with van der Waals surface area (Å²) in [6.45, 7) is -1.50. The van der Waals surface area contributed by atoms with Crippen molar-refractivity contribution in [2.75, 3.05) is 11.9 Å². The van der Waals surface area contributed by atoms with E-state index in [2.05, 4.69) is 15.0 Å². The normalized spacial score (nSPS) is 10.6. The van der Waals surface area contributed by atoms with Crippen molar-refractivity contribution in [3.05, 3.63) is 70.2 Å². The van der Waals surface area contributed by atoms with Crippen LogP contribution in [0.2, 0.25) is 0 Å². The molecular formula is C21H18F2N2O5S. The minimum atomic E-state index is -3.04. The van der Waals surface area contributed by atoms with Crippen LogP contribution in [0, 0.1) is 6.92 Å². The number of nitrogens with one attached hydrogen (secondary N) is 1. The summed E-state index contributed by atoms with van der Waals surface area (Å²) in [6.07, 6.45) is 0. The molecule has 0 bridgehead atoms. The summed E-state index contributed by atoms with van der Waals surface area (Å²) in [5, 5.41) is 4.42. The zero-order valence-corrected chi connectivity index (χ0v) is 17.2. The summed E-state index contributed by atoms with van der Waals surface area (Å²) in [6, 6.07) is 13.2. The molecular weight excluding hydrogens is 430 g/mol. The number of aryl methyl sites for hydroxylation is 1. The largest absolute Gasteiger partial charge is 0.486 e. The summed E-state index contributed by atoms with van der Waals surface area (Å²) >= 11 is 1.22. The van der Waals surface area contributed by atoms with Gasteiger partial charge in [-0.3, -0.25) is 4.79 Å². The predicted octanol–water partition coefficient (Wildman–Crippen LogP) is 4.43. The topological polar surface area (TPSA) is 86.8 Å². The number of halogens is 2. The number of ether oxygens (including phenoxy) is 3. The first-order valence-electron chi connectivity index (χ1n) is 9.05. The molecule has 0 aliphatic heterocycles. The molecule has 3 rings (SSSR count). The zero-order valence-electron chi connectivity index (χ0n) is 16.3. The van der Waals surface area contributed by atoms with Crippen LogP contribution in [0.5, 0.6) is 11.5 Å². The predicted molar refractivity (Wildman–Crippen MR) is 110 cm³/mol. The first-order chi connectivity index (χ1) is 14.9. The van der Waals surface area contributed by atoms with Gasteiger partial charge in [0.05, 0.1) is 5.69 Å². The molecule has 0 atom stereocenters. The zero-order chi connectivity index (χ0) is 22.2. The van der Waals surface area contributed by atoms with Crippen LogP contribution in [-0.2, 0) is 16.1 Å². The number of carbonyl (C=O) groups is 2. The molecule has 0 aliphatic carbocycles. The molecule has 0 unspecified atom stereocenters. The molecule has 2 aromatic carbocycles. The van der Waals surface area contributed by atoms with E-state index >= 15 is 0 Å². The van der Waals surface area contributed by atoms with Crippen molar-refractivity contribution in [2.45, 2.75) is 20.1 Å². The number of para-hydroxylation sites is 2. The van der Waals surface area contributed by atoms with Gasteiger partial charge in [0.1, 0.15) is 23.1 Å². The van der Waals surface area contributed by atoms with Gasteiger partial charge in [-0.1, -0.05) is 29.8 Å². The summed E-state index contributed by atoms with van der Waals surface area (Å²) in [4.78, 5) is 28.3. The van der Waals surface area contributed by atoms with Gasteiger partial charge >= 0.3 is 12.6 Å². The van der Waals surface area contributed by atoms with Crippen LogP contribution in [0.15, 0.2) is 53.9 Å². The van der Waals surface area contributed by atoms with E-state index in [-0.39, 0.29) is 23.7 Å². The molecule has 0 saturated carbocycles. The maximum absolute atomic E-state index is 12.4. The number of rotatable bonds is 9. The molecule has 0 fully saturated rings. The first-order valence-corrected chi connectivity index (χ1v) is 9.93. The van der Waals surface area contributed by atoms with Crippen molar-refractivity contribution in [3.8, 4) is 11.5 Å². The molecule has 10 heteroatoms. The maximum Gasteiger partial charge on any atom is 0.387 e. The smallest absolute Gasteiger partial charge is 0.387 e. The first kappa shape index (κ1) is 22.2. The summed E-state index contributed by atoms with van der Waals surface area (Å²) in [5.74, 6) is -1.02. The van der Waals surface area contributed by atoms with Gasteiger partial charge in [-0.05, 0) is 31.2 Å². The molecule has 0 radical (unpaired) electrons. The van der Waals surface area contributed by atoms with E-state index in [1.54, 1.807) is 0 Å². The molecule has 162 valence electrons. The van der Waals surface area contributed by atoms with Crippen molar-refractivity contribution in [1.82, 2.24) is 4.98 Å². The Morgan fingerprint density at radius 1 is 1.13 bits per heavy atom. The number of anilines is 1. The van der Waals surface area contributed by atoms with E-state index in [0.29, 0.717) is 10.8 Å². The van der Waals surface area contributed by atoms with Crippen LogP contribution >= 0.6 is 11.3 Å². The standard InChI is InChI=1S/C21H18F2N2O5S/c1-13-6-8-14(9-7-13)28-11-19-25-16(12-31-19)20(27)29-10-18(26)24-15-4-2-3-5-17(15)30-21(22)23/h2-9,12,21H,10-11H2,1H3,(H,24,26). The molecule has 0 saturated heterocycles. The molecule has 1 amide bonds. The lowest BCUT2D eigenvalue weighted by Crippen LogP contribution is -2.21. The van der Waals surface area contributed by atoms with Crippen molar-refractivity contribution < 1.29 is 32.6 Å². The molecule has 1 N–H and O–H groups in total. The van der Waals surface area contributed by atoms with Gasteiger partial charge in [-0.25, -0.2) is 9.78 Å². The third-order valence-electron chi connectivity index (χ3n) is 3.86. The lowest BCUT2D eigenvalue weighted by Gasteiger charge is -2.11. The highest BCUT2D eigenvalue weighted by molar-refractivity contribution is 7.09. The average molecular weight is 448 g/mol. The minimum absolute atomic E-state index is 0.0352. The van der Waals surface area contributed by atoms with Gasteiger partial charge in [0.25, 0.3) is 5.91 Å². The number of thiazole rings is 1. The van der Waals surface area contributed by atoms with Crippen LogP contribution in [0.25, 0.3) is 0 Å². The van der Waals surface area contributed by atoms with Crippen LogP contribution in [0.3, 0.4) is 0 Å². The Morgan fingerprint density at radius 2 is 1.87 bits per heavy atom. The highest BCUT2D eigenvalue weighted by Gasteiger charge is 2.16. The van der Waals surface area contributed by atoms with E-state index < -0.39 is 25.1 Å². The number of amides is 1. The summed E-state index contributed by atoms with van der Waals surface area (Å²) < 4.78 is 39.7. The number of aromatic nitrogens is 1. The monoisotopic (exact) mass is 448 g/mol. The Labute approximate surface area is 180 Å². The van der Waals surface area contributed by atoms with Crippen LogP contribution in [-0.4, -0.2) is 30.1 Å². The van der Waals surface area contributed by atoms with Crippen molar-refractivity contribution in [2.24, 2.45) is 0 Å². The van der Waals surface area contributed by atoms with E-state index in [1.165, 1.54) is 41.0 Å². The van der Waals surface area contributed by atoms with Crippen molar-refractivity contribution in [1.29, 1.82) is 0 Å². The van der Waals surface area contributed by atoms with E-state index in [0.717, 1.165) is 5.56 Å². The van der Waals surface area contributed by atoms with Gasteiger partial charge in [-0.2, -0.15) is 8.78 Å². The highest BCUT2D eigenvalue weighted by Crippen LogP contribution is 2.25. The third kappa shape index (κ3) is 6.75. The molecule has 1 aromatic heterocycles. The van der Waals surface area contributed by atoms with Crippen molar-refractivity contribution in [3.63, 3.8) is 0 Å². The lowest BCUT2D eigenvalue weighted by molar-refractivity contribution is -0.119. The van der Waals surface area contributed by atoms with Gasteiger partial charge in [0.2, 0.25) is 0 Å². The number of hydrogen-bond acceptors (Lipinski definition) is 7. The highest BCUT2D eigenvalue weighted by atomic mass is 32.1. The second-order valence-electron chi connectivity index (χ2n) is 6.23. The van der Waals surface area contributed by atoms with E-state index in [4.69, 9.17) is 9.47 Å². The quantitative estimate of drug-likeness (QED) is 0.488. The Kier molecular flexibility index (Phi) is 7.50. The third-order valence-corrected chi connectivity index (χ3v) is 4.68. The van der Waals surface area contributed by atoms with E-state index in [9.17, 15) is 18.4 Å². The number of carbonyl (C=O) groups excluding carboxylic acids is 2. The maximum atomic E-state index is 12.4. The van der Waals surface area contributed by atoms with Gasteiger partial charge < -0.3 is 19.5 Å². The van der Waals surface area contributed by atoms with Crippen molar-refractivity contribution >= 4 is 28.9 Å². The Hall–Kier alpha value is -3.53. The molecule has 7 nitrogen and oxygen atoms in total. The van der Waals surface area contributed by atoms with Crippen LogP contribution < -0.4 is 14.8 Å². The fourth-order valence-corrected chi connectivity index (χ4v) is 3.09. The van der Waals surface area contributed by atoms with Gasteiger partial charge in [0.15, 0.2) is 12.3 Å². The average Bonchev–Trinajstić information content (AvgIpc) is 3.22. The SMILES string of the molecule is Cc1ccc(OCc2nc(C(=O)OCC(=O)Nc3ccccc3OC(F)F)cs2)cc1. The molecule has 0 spiro atoms. The number of hydrogen-bond donors (Lipinski definition) is 1. The Balaban J connectivity index is 1.48. The second kappa shape index (κ2) is 10.5. The van der Waals surface area contributed by atoms with Gasteiger partial charge in [-0.15, -0.1) is 11.3 Å². The summed E-state index contributed by atoms with van der Waals surface area (Å²) in [7, 11) is 0. The number of esters is 1. The fraction of sp³-hybridized carbons (Fsp3) is 0.190. The van der Waals surface area contributed by atoms with Crippen LogP contribution in [0.1, 0.15) is 21.1 Å². The molecule has 0 aliphatic rings. The fourth-order valence-electron chi connectivity index (χ4n) is 2.41. The Bertz CT molecular complexity index is 1040. The lowest BCUT2D eigenvalue weighted by atomic mass is 10.2. The minimum Gasteiger partial charge on any atom is -0.486 e. The molecule has 1 heterocycles. The second-order valence-corrected chi connectivity index (χ2v) is 7.17.